The lowest BCUT2D eigenvalue weighted by molar-refractivity contribution is -0.384. The number of hydrogen-bond acceptors (Lipinski definition) is 7. The van der Waals surface area contributed by atoms with Gasteiger partial charge < -0.3 is 5.32 Å². The van der Waals surface area contributed by atoms with Gasteiger partial charge in [-0.1, -0.05) is 18.2 Å². The molecule has 176 valence electrons. The molecule has 0 unspecified atom stereocenters. The maximum absolute atomic E-state index is 14.5. The van der Waals surface area contributed by atoms with Gasteiger partial charge in [0.1, 0.15) is 17.1 Å². The van der Waals surface area contributed by atoms with E-state index in [0.717, 1.165) is 0 Å². The second-order valence-corrected chi connectivity index (χ2v) is 9.88. The van der Waals surface area contributed by atoms with Crippen LogP contribution in [-0.2, 0) is 10.3 Å². The predicted molar refractivity (Wildman–Crippen MR) is 128 cm³/mol. The molecule has 8 nitrogen and oxygen atoms in total. The number of nitrogens with one attached hydrogen (secondary N) is 1. The molecule has 3 aliphatic heterocycles. The van der Waals surface area contributed by atoms with E-state index < -0.39 is 34.0 Å². The van der Waals surface area contributed by atoms with Crippen molar-refractivity contribution >= 4 is 34.8 Å². The lowest BCUT2D eigenvalue weighted by Crippen LogP contribution is -2.52. The Balaban J connectivity index is 1.63. The maximum Gasteiger partial charge on any atom is 0.269 e. The van der Waals surface area contributed by atoms with Gasteiger partial charge in [-0.25, -0.2) is 4.39 Å². The molecule has 1 aromatic heterocycles. The number of nitrogens with zero attached hydrogens (tertiary/aromatic N) is 3. The number of nitro benzene ring substituents is 1. The van der Waals surface area contributed by atoms with Gasteiger partial charge in [-0.05, 0) is 35.9 Å². The molecule has 0 radical (unpaired) electrons. The smallest absolute Gasteiger partial charge is 0.269 e. The number of thioether (sulfide) groups is 1. The van der Waals surface area contributed by atoms with Gasteiger partial charge in [0.25, 0.3) is 5.69 Å². The minimum atomic E-state index is -1.46. The van der Waals surface area contributed by atoms with Crippen molar-refractivity contribution in [2.75, 3.05) is 16.9 Å². The highest BCUT2D eigenvalue weighted by Gasteiger charge is 2.69. The van der Waals surface area contributed by atoms with Crippen LogP contribution in [0.15, 0.2) is 66.9 Å². The van der Waals surface area contributed by atoms with Gasteiger partial charge in [0.2, 0.25) is 5.91 Å². The summed E-state index contributed by atoms with van der Waals surface area (Å²) in [5.74, 6) is -1.68. The third kappa shape index (κ3) is 3.06. The molecule has 4 atom stereocenters. The number of aromatic nitrogens is 1. The van der Waals surface area contributed by atoms with E-state index in [9.17, 15) is 24.1 Å². The molecule has 2 fully saturated rings. The van der Waals surface area contributed by atoms with Gasteiger partial charge in [-0.3, -0.25) is 29.6 Å². The molecule has 0 saturated carbocycles. The van der Waals surface area contributed by atoms with Gasteiger partial charge in [-0.2, -0.15) is 0 Å². The number of anilines is 1. The molecular formula is C25H19FN4O4S. The summed E-state index contributed by atoms with van der Waals surface area (Å²) < 4.78 is 14.5. The van der Waals surface area contributed by atoms with Crippen LogP contribution < -0.4 is 5.32 Å². The summed E-state index contributed by atoms with van der Waals surface area (Å²) in [6, 6.07) is 15.1. The summed E-state index contributed by atoms with van der Waals surface area (Å²) in [5, 5.41) is 14.4. The van der Waals surface area contributed by atoms with Crippen LogP contribution in [0.3, 0.4) is 0 Å². The number of non-ortho nitro benzene ring substituents is 1. The molecule has 10 heteroatoms. The van der Waals surface area contributed by atoms with Crippen molar-refractivity contribution in [2.45, 2.75) is 17.5 Å². The summed E-state index contributed by atoms with van der Waals surface area (Å²) in [5.41, 5.74) is 0.115. The van der Waals surface area contributed by atoms with Crippen LogP contribution in [0.25, 0.3) is 0 Å². The Bertz CT molecular complexity index is 1390. The summed E-state index contributed by atoms with van der Waals surface area (Å²) in [6.45, 7) is 0. The molecule has 3 aliphatic rings. The summed E-state index contributed by atoms with van der Waals surface area (Å²) in [6.07, 6.45) is 1.51. The number of carbonyl (C=O) groups excluding carboxylic acids is 2. The largest absolute Gasteiger partial charge is 0.324 e. The lowest BCUT2D eigenvalue weighted by Gasteiger charge is -2.36. The van der Waals surface area contributed by atoms with Crippen LogP contribution in [0.1, 0.15) is 27.5 Å². The summed E-state index contributed by atoms with van der Waals surface area (Å²) in [4.78, 5) is 45.3. The fourth-order valence-corrected chi connectivity index (χ4v) is 7.26. The van der Waals surface area contributed by atoms with Gasteiger partial charge >= 0.3 is 0 Å². The number of fused-ring (bicyclic) bond motifs is 4. The zero-order chi connectivity index (χ0) is 24.3. The fraction of sp³-hybridized carbons (Fsp3) is 0.240. The van der Waals surface area contributed by atoms with Crippen LogP contribution in [0.5, 0.6) is 0 Å². The van der Waals surface area contributed by atoms with E-state index in [1.165, 1.54) is 36.5 Å². The van der Waals surface area contributed by atoms with Crippen molar-refractivity contribution < 1.29 is 18.9 Å². The summed E-state index contributed by atoms with van der Waals surface area (Å²) in [7, 11) is 0. The number of pyridine rings is 1. The Morgan fingerprint density at radius 3 is 2.83 bits per heavy atom. The van der Waals surface area contributed by atoms with Crippen molar-refractivity contribution in [3.8, 4) is 0 Å². The number of Topliss-reactive ketones (excluding diaryl/α,β-unsaturated/α-hetero) is 1. The van der Waals surface area contributed by atoms with Crippen molar-refractivity contribution in [1.29, 1.82) is 0 Å². The topological polar surface area (TPSA) is 105 Å². The number of carbonyl (C=O) groups is 2. The van der Waals surface area contributed by atoms with E-state index in [1.807, 2.05) is 4.90 Å². The zero-order valence-corrected chi connectivity index (χ0v) is 19.1. The van der Waals surface area contributed by atoms with Crippen molar-refractivity contribution in [2.24, 2.45) is 5.92 Å². The molecule has 4 heterocycles. The van der Waals surface area contributed by atoms with Crippen molar-refractivity contribution in [3.63, 3.8) is 0 Å². The molecule has 35 heavy (non-hydrogen) atoms. The molecule has 1 N–H and O–H groups in total. The highest BCUT2D eigenvalue weighted by Crippen LogP contribution is 2.61. The molecule has 6 rings (SSSR count). The first-order chi connectivity index (χ1) is 16.9. The number of ketones is 1. The van der Waals surface area contributed by atoms with E-state index in [4.69, 9.17) is 0 Å². The van der Waals surface area contributed by atoms with E-state index in [-0.39, 0.29) is 23.2 Å². The highest BCUT2D eigenvalue weighted by molar-refractivity contribution is 7.99. The highest BCUT2D eigenvalue weighted by atomic mass is 32.2. The van der Waals surface area contributed by atoms with Crippen LogP contribution in [0.2, 0.25) is 0 Å². The van der Waals surface area contributed by atoms with Gasteiger partial charge in [-0.15, -0.1) is 11.8 Å². The number of benzene rings is 2. The minimum Gasteiger partial charge on any atom is -0.324 e. The van der Waals surface area contributed by atoms with Gasteiger partial charge in [0.15, 0.2) is 5.78 Å². The molecule has 0 aliphatic carbocycles. The molecule has 0 bridgehead atoms. The molecule has 3 aromatic rings. The van der Waals surface area contributed by atoms with E-state index in [0.29, 0.717) is 28.4 Å². The van der Waals surface area contributed by atoms with Crippen LogP contribution in [0.4, 0.5) is 15.8 Å². The number of nitro groups is 1. The average molecular weight is 491 g/mol. The van der Waals surface area contributed by atoms with E-state index in [2.05, 4.69) is 10.3 Å². The standard InChI is InChI=1S/C25H19FN4O4S/c26-15-7-8-18-17(11-15)25(24(32)28-18)22(23(31)19-6-1-2-9-27-19)21(20-12-35-13-29(20)25)14-4-3-5-16(10-14)30(33)34/h1-11,20-22H,12-13H2,(H,28,32)/t20-,21+,22-,25-/m0/s1. The Morgan fingerprint density at radius 2 is 2.06 bits per heavy atom. The number of hydrogen-bond donors (Lipinski definition) is 1. The van der Waals surface area contributed by atoms with Crippen LogP contribution >= 0.6 is 11.8 Å². The van der Waals surface area contributed by atoms with Crippen LogP contribution in [0, 0.1) is 21.8 Å². The molecule has 1 amide bonds. The monoisotopic (exact) mass is 490 g/mol. The molecule has 2 saturated heterocycles. The second-order valence-electron chi connectivity index (χ2n) is 8.88. The quantitative estimate of drug-likeness (QED) is 0.335. The molecule has 2 aromatic carbocycles. The number of rotatable bonds is 4. The Labute approximate surface area is 203 Å². The zero-order valence-electron chi connectivity index (χ0n) is 18.3. The third-order valence-corrected chi connectivity index (χ3v) is 8.29. The first-order valence-corrected chi connectivity index (χ1v) is 12.2. The Morgan fingerprint density at radius 1 is 1.20 bits per heavy atom. The first kappa shape index (κ1) is 21.9. The number of halogens is 1. The SMILES string of the molecule is O=C(c1ccccn1)[C@@H]1[C@H](c2cccc([N+](=O)[O-])c2)[C@@H]2CSCN2[C@]12C(=O)Nc1ccc(F)cc12. The Hall–Kier alpha value is -3.63. The maximum atomic E-state index is 14.5. The van der Waals surface area contributed by atoms with Crippen molar-refractivity contribution in [3.05, 3.63) is 99.6 Å². The van der Waals surface area contributed by atoms with E-state index >= 15 is 0 Å². The van der Waals surface area contributed by atoms with Crippen molar-refractivity contribution in [1.82, 2.24) is 9.88 Å². The lowest BCUT2D eigenvalue weighted by atomic mass is 9.70. The molecular weight excluding hydrogens is 471 g/mol. The van der Waals surface area contributed by atoms with Crippen LogP contribution in [-0.4, -0.2) is 44.2 Å². The van der Waals surface area contributed by atoms with Gasteiger partial charge in [0, 0.05) is 53.2 Å². The second kappa shape index (κ2) is 7.96. The molecule has 1 spiro atoms. The normalized spacial score (nSPS) is 27.0. The van der Waals surface area contributed by atoms with Gasteiger partial charge in [0.05, 0.1) is 10.8 Å². The predicted octanol–water partition coefficient (Wildman–Crippen LogP) is 3.95. The summed E-state index contributed by atoms with van der Waals surface area (Å²) >= 11 is 1.62. The average Bonchev–Trinajstić information content (AvgIpc) is 3.52. The minimum absolute atomic E-state index is 0.0907. The Kier molecular flexibility index (Phi) is 4.97. The van der Waals surface area contributed by atoms with E-state index in [1.54, 1.807) is 42.1 Å². The third-order valence-electron chi connectivity index (χ3n) is 7.25. The number of amides is 1. The first-order valence-electron chi connectivity index (χ1n) is 11.1. The fourth-order valence-electron chi connectivity index (χ4n) is 5.93.